The highest BCUT2D eigenvalue weighted by molar-refractivity contribution is 5.91. The second-order valence-electron chi connectivity index (χ2n) is 4.63. The van der Waals surface area contributed by atoms with E-state index in [1.54, 1.807) is 12.1 Å². The van der Waals surface area contributed by atoms with E-state index in [1.165, 1.54) is 32.4 Å². The van der Waals surface area contributed by atoms with Gasteiger partial charge in [0.2, 0.25) is 0 Å². The lowest BCUT2D eigenvalue weighted by Gasteiger charge is -2.14. The highest BCUT2D eigenvalue weighted by Crippen LogP contribution is 2.35. The smallest absolute Gasteiger partial charge is 0.336 e. The van der Waals surface area contributed by atoms with Gasteiger partial charge in [0.25, 0.3) is 0 Å². The molecule has 3 N–H and O–H groups in total. The SMILES string of the molecule is COc1cc(Cc2c(C(=O)O)ccc(O)c2OC)ccc1O. The Labute approximate surface area is 127 Å². The first-order valence-corrected chi connectivity index (χ1v) is 6.46. The molecule has 0 aliphatic rings. The molecule has 0 amide bonds. The summed E-state index contributed by atoms with van der Waals surface area (Å²) in [6.45, 7) is 0. The molecule has 6 heteroatoms. The number of hydrogen-bond acceptors (Lipinski definition) is 5. The molecule has 0 fully saturated rings. The first-order chi connectivity index (χ1) is 10.5. The molecule has 0 aliphatic heterocycles. The summed E-state index contributed by atoms with van der Waals surface area (Å²) >= 11 is 0. The van der Waals surface area contributed by atoms with Gasteiger partial charge in [-0.1, -0.05) is 6.07 Å². The minimum Gasteiger partial charge on any atom is -0.504 e. The third-order valence-corrected chi connectivity index (χ3v) is 3.30. The molecule has 2 aromatic carbocycles. The number of phenols is 2. The summed E-state index contributed by atoms with van der Waals surface area (Å²) in [4.78, 5) is 11.4. The van der Waals surface area contributed by atoms with Crippen molar-refractivity contribution in [3.63, 3.8) is 0 Å². The Morgan fingerprint density at radius 3 is 2.32 bits per heavy atom. The number of phenolic OH excluding ortho intramolecular Hbond substituents is 2. The zero-order valence-corrected chi connectivity index (χ0v) is 12.2. The van der Waals surface area contributed by atoms with Gasteiger partial charge < -0.3 is 24.8 Å². The van der Waals surface area contributed by atoms with Crippen LogP contribution in [-0.2, 0) is 6.42 Å². The minimum absolute atomic E-state index is 0.00687. The summed E-state index contributed by atoms with van der Waals surface area (Å²) in [6.07, 6.45) is 0.204. The van der Waals surface area contributed by atoms with Gasteiger partial charge in [0.1, 0.15) is 0 Å². The summed E-state index contributed by atoms with van der Waals surface area (Å²) in [7, 11) is 2.79. The molecule has 22 heavy (non-hydrogen) atoms. The predicted octanol–water partition coefficient (Wildman–Crippen LogP) is 2.40. The third kappa shape index (κ3) is 2.90. The molecule has 0 heterocycles. The average molecular weight is 304 g/mol. The molecule has 0 unspecified atom stereocenters. The van der Waals surface area contributed by atoms with Crippen LogP contribution in [0, 0.1) is 0 Å². The van der Waals surface area contributed by atoms with Crippen molar-refractivity contribution in [3.05, 3.63) is 47.0 Å². The highest BCUT2D eigenvalue weighted by atomic mass is 16.5. The summed E-state index contributed by atoms with van der Waals surface area (Å²) in [6, 6.07) is 7.32. The number of carboxylic acids is 1. The standard InChI is InChI=1S/C16H16O6/c1-21-14-8-9(3-5-12(14)17)7-11-10(16(19)20)4-6-13(18)15(11)22-2/h3-6,8,17-18H,7H2,1-2H3,(H,19,20). The van der Waals surface area contributed by atoms with Gasteiger partial charge in [-0.05, 0) is 29.8 Å². The van der Waals surface area contributed by atoms with Crippen LogP contribution in [0.15, 0.2) is 30.3 Å². The number of methoxy groups -OCH3 is 2. The number of benzene rings is 2. The average Bonchev–Trinajstić information content (AvgIpc) is 2.49. The summed E-state index contributed by atoms with van der Waals surface area (Å²) in [5.41, 5.74) is 1.10. The predicted molar refractivity (Wildman–Crippen MR) is 79.1 cm³/mol. The Morgan fingerprint density at radius 1 is 1.05 bits per heavy atom. The van der Waals surface area contributed by atoms with Crippen molar-refractivity contribution >= 4 is 5.97 Å². The van der Waals surface area contributed by atoms with Gasteiger partial charge in [-0.2, -0.15) is 0 Å². The van der Waals surface area contributed by atoms with E-state index in [0.717, 1.165) is 0 Å². The van der Waals surface area contributed by atoms with Gasteiger partial charge in [0.05, 0.1) is 19.8 Å². The normalized spacial score (nSPS) is 10.3. The van der Waals surface area contributed by atoms with Crippen molar-refractivity contribution in [3.8, 4) is 23.0 Å². The summed E-state index contributed by atoms with van der Waals surface area (Å²) < 4.78 is 10.2. The highest BCUT2D eigenvalue weighted by Gasteiger charge is 2.19. The van der Waals surface area contributed by atoms with E-state index in [0.29, 0.717) is 11.1 Å². The molecule has 2 rings (SSSR count). The number of aromatic carboxylic acids is 1. The van der Waals surface area contributed by atoms with Gasteiger partial charge in [-0.3, -0.25) is 0 Å². The molecule has 0 spiro atoms. The van der Waals surface area contributed by atoms with Crippen LogP contribution in [-0.4, -0.2) is 35.5 Å². The van der Waals surface area contributed by atoms with E-state index >= 15 is 0 Å². The van der Waals surface area contributed by atoms with E-state index in [1.807, 2.05) is 0 Å². The van der Waals surface area contributed by atoms with Crippen molar-refractivity contribution in [2.75, 3.05) is 14.2 Å². The van der Waals surface area contributed by atoms with Crippen LogP contribution in [0.2, 0.25) is 0 Å². The van der Waals surface area contributed by atoms with E-state index in [-0.39, 0.29) is 35.0 Å². The molecule has 0 saturated carbocycles. The van der Waals surface area contributed by atoms with Crippen molar-refractivity contribution in [2.24, 2.45) is 0 Å². The number of carboxylic acid groups (broad SMARTS) is 1. The maximum absolute atomic E-state index is 11.4. The fourth-order valence-electron chi connectivity index (χ4n) is 2.26. The number of hydrogen-bond donors (Lipinski definition) is 3. The van der Waals surface area contributed by atoms with Crippen LogP contribution < -0.4 is 9.47 Å². The Morgan fingerprint density at radius 2 is 1.73 bits per heavy atom. The van der Waals surface area contributed by atoms with E-state index in [4.69, 9.17) is 9.47 Å². The van der Waals surface area contributed by atoms with Crippen LogP contribution in [0.4, 0.5) is 0 Å². The molecular weight excluding hydrogens is 288 g/mol. The second kappa shape index (κ2) is 6.26. The molecule has 2 aromatic rings. The minimum atomic E-state index is -1.11. The monoisotopic (exact) mass is 304 g/mol. The Bertz CT molecular complexity index is 708. The van der Waals surface area contributed by atoms with Crippen molar-refractivity contribution < 1.29 is 29.6 Å². The van der Waals surface area contributed by atoms with Crippen LogP contribution >= 0.6 is 0 Å². The van der Waals surface area contributed by atoms with Gasteiger partial charge in [-0.25, -0.2) is 4.79 Å². The van der Waals surface area contributed by atoms with E-state index < -0.39 is 5.97 Å². The summed E-state index contributed by atoms with van der Waals surface area (Å²) in [5.74, 6) is -0.847. The topological polar surface area (TPSA) is 96.2 Å². The van der Waals surface area contributed by atoms with Crippen molar-refractivity contribution in [1.82, 2.24) is 0 Å². The number of ether oxygens (including phenoxy) is 2. The van der Waals surface area contributed by atoms with Crippen molar-refractivity contribution in [1.29, 1.82) is 0 Å². The lowest BCUT2D eigenvalue weighted by Crippen LogP contribution is -2.05. The zero-order valence-electron chi connectivity index (χ0n) is 12.2. The third-order valence-electron chi connectivity index (χ3n) is 3.30. The van der Waals surface area contributed by atoms with Crippen LogP contribution in [0.1, 0.15) is 21.5 Å². The number of carbonyl (C=O) groups is 1. The zero-order chi connectivity index (χ0) is 16.3. The van der Waals surface area contributed by atoms with E-state index in [2.05, 4.69) is 0 Å². The van der Waals surface area contributed by atoms with Gasteiger partial charge in [0, 0.05) is 12.0 Å². The number of rotatable bonds is 5. The first kappa shape index (κ1) is 15.5. The Hall–Kier alpha value is -2.89. The molecule has 0 bridgehead atoms. The molecule has 0 aromatic heterocycles. The molecule has 6 nitrogen and oxygen atoms in total. The lowest BCUT2D eigenvalue weighted by atomic mass is 9.98. The van der Waals surface area contributed by atoms with Gasteiger partial charge >= 0.3 is 5.97 Å². The maximum atomic E-state index is 11.4. The first-order valence-electron chi connectivity index (χ1n) is 6.46. The lowest BCUT2D eigenvalue weighted by molar-refractivity contribution is 0.0695. The molecular formula is C16H16O6. The molecule has 0 saturated heterocycles. The van der Waals surface area contributed by atoms with Crippen LogP contribution in [0.25, 0.3) is 0 Å². The largest absolute Gasteiger partial charge is 0.504 e. The maximum Gasteiger partial charge on any atom is 0.336 e. The van der Waals surface area contributed by atoms with Gasteiger partial charge in [0.15, 0.2) is 23.0 Å². The molecule has 0 aliphatic carbocycles. The quantitative estimate of drug-likeness (QED) is 0.785. The van der Waals surface area contributed by atoms with Crippen LogP contribution in [0.5, 0.6) is 23.0 Å². The van der Waals surface area contributed by atoms with E-state index in [9.17, 15) is 20.1 Å². The number of aromatic hydroxyl groups is 2. The fourth-order valence-corrected chi connectivity index (χ4v) is 2.26. The second-order valence-corrected chi connectivity index (χ2v) is 4.63. The molecule has 116 valence electrons. The Kier molecular flexibility index (Phi) is 4.41. The van der Waals surface area contributed by atoms with Crippen LogP contribution in [0.3, 0.4) is 0 Å². The summed E-state index contributed by atoms with van der Waals surface area (Å²) in [5, 5.41) is 28.7. The fraction of sp³-hybridized carbons (Fsp3) is 0.188. The molecule has 0 radical (unpaired) electrons. The van der Waals surface area contributed by atoms with Gasteiger partial charge in [-0.15, -0.1) is 0 Å². The van der Waals surface area contributed by atoms with Crippen molar-refractivity contribution in [2.45, 2.75) is 6.42 Å². The molecule has 0 atom stereocenters. The Balaban J connectivity index is 2.52.